The number of aliphatic hydroxyl groups is 1. The van der Waals surface area contributed by atoms with E-state index in [-0.39, 0.29) is 5.91 Å². The van der Waals surface area contributed by atoms with E-state index in [1.807, 2.05) is 48.0 Å². The van der Waals surface area contributed by atoms with Gasteiger partial charge in [-0.25, -0.2) is 4.68 Å². The number of hydrogen-bond acceptors (Lipinski definition) is 4. The fourth-order valence-corrected chi connectivity index (χ4v) is 4.94. The number of fused-ring (bicyclic) bond motifs is 1. The number of aryl methyl sites for hydroxylation is 1. The van der Waals surface area contributed by atoms with Crippen molar-refractivity contribution in [3.63, 3.8) is 0 Å². The summed E-state index contributed by atoms with van der Waals surface area (Å²) in [5.74, 6) is 0.968. The second-order valence-electron chi connectivity index (χ2n) is 7.44. The van der Waals surface area contributed by atoms with Gasteiger partial charge in [0.1, 0.15) is 4.83 Å². The van der Waals surface area contributed by atoms with Crippen molar-refractivity contribution in [1.29, 1.82) is 0 Å². The lowest BCUT2D eigenvalue weighted by Crippen LogP contribution is -2.31. The highest BCUT2D eigenvalue weighted by atomic mass is 32.1. The van der Waals surface area contributed by atoms with Crippen molar-refractivity contribution in [2.45, 2.75) is 32.6 Å². The summed E-state index contributed by atoms with van der Waals surface area (Å²) in [6.45, 7) is 2.99. The fraction of sp³-hybridized carbons (Fsp3) is 0.429. The molecule has 3 aromatic rings. The van der Waals surface area contributed by atoms with Gasteiger partial charge in [-0.05, 0) is 62.6 Å². The molecule has 0 atom stereocenters. The number of thiophene rings is 1. The zero-order valence-electron chi connectivity index (χ0n) is 15.5. The molecule has 5 nitrogen and oxygen atoms in total. The number of nitrogens with zero attached hydrogens (tertiary/aromatic N) is 2. The van der Waals surface area contributed by atoms with Gasteiger partial charge in [0, 0.05) is 18.5 Å². The highest BCUT2D eigenvalue weighted by molar-refractivity contribution is 7.20. The minimum absolute atomic E-state index is 0.000469. The molecule has 27 heavy (non-hydrogen) atoms. The third kappa shape index (κ3) is 3.77. The van der Waals surface area contributed by atoms with E-state index in [1.165, 1.54) is 11.3 Å². The van der Waals surface area contributed by atoms with Gasteiger partial charge in [0.05, 0.1) is 16.3 Å². The minimum Gasteiger partial charge on any atom is -0.396 e. The number of nitrogens with one attached hydrogen (secondary N) is 1. The van der Waals surface area contributed by atoms with E-state index in [9.17, 15) is 9.90 Å². The summed E-state index contributed by atoms with van der Waals surface area (Å²) in [4.78, 5) is 14.4. The van der Waals surface area contributed by atoms with E-state index >= 15 is 0 Å². The van der Waals surface area contributed by atoms with Crippen LogP contribution >= 0.6 is 11.3 Å². The van der Waals surface area contributed by atoms with Crippen molar-refractivity contribution in [2.24, 2.45) is 11.8 Å². The second-order valence-corrected chi connectivity index (χ2v) is 8.47. The van der Waals surface area contributed by atoms with Gasteiger partial charge in [-0.2, -0.15) is 5.10 Å². The van der Waals surface area contributed by atoms with E-state index in [2.05, 4.69) is 10.4 Å². The standard InChI is InChI=1S/C21H25N3O2S/c1-14-18-11-19(20(26)22-12-15-7-9-16(13-25)10-8-15)27-21(18)24(23-14)17-5-3-2-4-6-17/h2-6,11,15-16,25H,7-10,12-13H2,1H3,(H,22,26). The van der Waals surface area contributed by atoms with Crippen LogP contribution in [-0.2, 0) is 0 Å². The molecular formula is C21H25N3O2S. The maximum absolute atomic E-state index is 12.7. The predicted octanol–water partition coefficient (Wildman–Crippen LogP) is 3.92. The van der Waals surface area contributed by atoms with Crippen molar-refractivity contribution < 1.29 is 9.90 Å². The Hall–Kier alpha value is -2.18. The molecule has 0 spiro atoms. The third-order valence-corrected chi connectivity index (χ3v) is 6.65. The summed E-state index contributed by atoms with van der Waals surface area (Å²) in [7, 11) is 0. The number of carbonyl (C=O) groups excluding carboxylic acids is 1. The molecule has 2 heterocycles. The monoisotopic (exact) mass is 383 g/mol. The third-order valence-electron chi connectivity index (χ3n) is 5.55. The van der Waals surface area contributed by atoms with Crippen LogP contribution in [0.4, 0.5) is 0 Å². The molecule has 1 fully saturated rings. The van der Waals surface area contributed by atoms with Gasteiger partial charge in [-0.15, -0.1) is 11.3 Å². The van der Waals surface area contributed by atoms with Gasteiger partial charge in [0.25, 0.3) is 5.91 Å². The van der Waals surface area contributed by atoms with Crippen LogP contribution in [0.5, 0.6) is 0 Å². The van der Waals surface area contributed by atoms with E-state index < -0.39 is 0 Å². The summed E-state index contributed by atoms with van der Waals surface area (Å²) in [6.07, 6.45) is 4.29. The molecule has 4 rings (SSSR count). The number of aromatic nitrogens is 2. The Morgan fingerprint density at radius 3 is 2.63 bits per heavy atom. The molecule has 2 N–H and O–H groups in total. The van der Waals surface area contributed by atoms with Gasteiger partial charge >= 0.3 is 0 Å². The van der Waals surface area contributed by atoms with Crippen molar-refractivity contribution in [2.75, 3.05) is 13.2 Å². The van der Waals surface area contributed by atoms with Crippen LogP contribution < -0.4 is 5.32 Å². The van der Waals surface area contributed by atoms with E-state index in [4.69, 9.17) is 0 Å². The van der Waals surface area contributed by atoms with Crippen LogP contribution in [-0.4, -0.2) is 33.9 Å². The number of carbonyl (C=O) groups is 1. The molecule has 1 saturated carbocycles. The van der Waals surface area contributed by atoms with Crippen LogP contribution in [0.3, 0.4) is 0 Å². The first-order chi connectivity index (χ1) is 13.2. The van der Waals surface area contributed by atoms with Crippen LogP contribution in [0.15, 0.2) is 36.4 Å². The van der Waals surface area contributed by atoms with Crippen molar-refractivity contribution >= 4 is 27.5 Å². The van der Waals surface area contributed by atoms with Gasteiger partial charge in [0.2, 0.25) is 0 Å². The zero-order valence-corrected chi connectivity index (χ0v) is 16.3. The largest absolute Gasteiger partial charge is 0.396 e. The van der Waals surface area contributed by atoms with Crippen LogP contribution in [0.2, 0.25) is 0 Å². The van der Waals surface area contributed by atoms with Crippen LogP contribution in [0, 0.1) is 18.8 Å². The summed E-state index contributed by atoms with van der Waals surface area (Å²) >= 11 is 1.49. The summed E-state index contributed by atoms with van der Waals surface area (Å²) in [5, 5.41) is 18.0. The summed E-state index contributed by atoms with van der Waals surface area (Å²) in [5.41, 5.74) is 1.94. The van der Waals surface area contributed by atoms with E-state index in [0.717, 1.165) is 58.7 Å². The van der Waals surface area contributed by atoms with Crippen molar-refractivity contribution in [3.05, 3.63) is 47.0 Å². The fourth-order valence-electron chi connectivity index (χ4n) is 3.85. The highest BCUT2D eigenvalue weighted by Crippen LogP contribution is 2.31. The zero-order chi connectivity index (χ0) is 18.8. The number of para-hydroxylation sites is 1. The van der Waals surface area contributed by atoms with Crippen LogP contribution in [0.1, 0.15) is 41.0 Å². The first-order valence-corrected chi connectivity index (χ1v) is 10.4. The Bertz CT molecular complexity index is 924. The molecule has 1 aromatic carbocycles. The quantitative estimate of drug-likeness (QED) is 0.702. The number of rotatable bonds is 5. The Kier molecular flexibility index (Phi) is 5.27. The summed E-state index contributed by atoms with van der Waals surface area (Å²) in [6, 6.07) is 12.0. The lowest BCUT2D eigenvalue weighted by atomic mass is 9.82. The van der Waals surface area contributed by atoms with E-state index in [0.29, 0.717) is 18.4 Å². The molecule has 0 aliphatic heterocycles. The van der Waals surface area contributed by atoms with Gasteiger partial charge < -0.3 is 10.4 Å². The smallest absolute Gasteiger partial charge is 0.261 e. The molecule has 0 bridgehead atoms. The first-order valence-electron chi connectivity index (χ1n) is 9.59. The number of benzene rings is 1. The molecule has 0 unspecified atom stereocenters. The normalized spacial score (nSPS) is 20.1. The molecule has 142 valence electrons. The topological polar surface area (TPSA) is 67.2 Å². The molecular weight excluding hydrogens is 358 g/mol. The first kappa shape index (κ1) is 18.2. The van der Waals surface area contributed by atoms with Gasteiger partial charge in [-0.3, -0.25) is 4.79 Å². The lowest BCUT2D eigenvalue weighted by Gasteiger charge is -2.27. The number of aliphatic hydroxyl groups excluding tert-OH is 1. The predicted molar refractivity (Wildman–Crippen MR) is 109 cm³/mol. The Morgan fingerprint density at radius 2 is 1.93 bits per heavy atom. The maximum Gasteiger partial charge on any atom is 0.261 e. The minimum atomic E-state index is -0.000469. The molecule has 6 heteroatoms. The Balaban J connectivity index is 1.47. The lowest BCUT2D eigenvalue weighted by molar-refractivity contribution is 0.0941. The molecule has 1 amide bonds. The van der Waals surface area contributed by atoms with E-state index in [1.54, 1.807) is 0 Å². The van der Waals surface area contributed by atoms with Gasteiger partial charge in [0.15, 0.2) is 0 Å². The molecule has 2 aromatic heterocycles. The average molecular weight is 384 g/mol. The van der Waals surface area contributed by atoms with Gasteiger partial charge in [-0.1, -0.05) is 18.2 Å². The SMILES string of the molecule is Cc1nn(-c2ccccc2)c2sc(C(=O)NCC3CCC(CO)CC3)cc12. The second kappa shape index (κ2) is 7.82. The highest BCUT2D eigenvalue weighted by Gasteiger charge is 2.22. The van der Waals surface area contributed by atoms with Crippen molar-refractivity contribution in [3.8, 4) is 5.69 Å². The van der Waals surface area contributed by atoms with Crippen molar-refractivity contribution in [1.82, 2.24) is 15.1 Å². The number of hydrogen-bond donors (Lipinski definition) is 2. The maximum atomic E-state index is 12.7. The molecule has 1 aliphatic carbocycles. The Labute approximate surface area is 163 Å². The molecule has 1 aliphatic rings. The summed E-state index contributed by atoms with van der Waals surface area (Å²) < 4.78 is 1.92. The van der Waals surface area contributed by atoms with Crippen LogP contribution in [0.25, 0.3) is 15.9 Å². The average Bonchev–Trinajstić information content (AvgIpc) is 3.28. The number of amides is 1. The molecule has 0 saturated heterocycles. The Morgan fingerprint density at radius 1 is 1.22 bits per heavy atom. The molecule has 0 radical (unpaired) electrons.